The lowest BCUT2D eigenvalue weighted by Gasteiger charge is -2.08. The van der Waals surface area contributed by atoms with Crippen molar-refractivity contribution in [2.75, 3.05) is 13.1 Å². The summed E-state index contributed by atoms with van der Waals surface area (Å²) in [6.45, 7) is 6.11. The maximum Gasteiger partial charge on any atom is 0.170 e. The third-order valence-electron chi connectivity index (χ3n) is 2.93. The molecule has 2 rings (SSSR count). The molecule has 0 spiro atoms. The predicted octanol–water partition coefficient (Wildman–Crippen LogP) is 3.07. The maximum atomic E-state index is 13.0. The van der Waals surface area contributed by atoms with Gasteiger partial charge in [-0.05, 0) is 31.6 Å². The van der Waals surface area contributed by atoms with E-state index in [0.29, 0.717) is 11.5 Å². The molecule has 4 heteroatoms. The molecular formula is C13H17FN2O. The second-order valence-corrected chi connectivity index (χ2v) is 4.25. The zero-order chi connectivity index (χ0) is 12.3. The Morgan fingerprint density at radius 2 is 2.29 bits per heavy atom. The number of nitrogens with one attached hydrogen (secondary N) is 1. The van der Waals surface area contributed by atoms with E-state index in [-0.39, 0.29) is 5.82 Å². The predicted molar refractivity (Wildman–Crippen MR) is 65.5 cm³/mol. The van der Waals surface area contributed by atoms with Crippen molar-refractivity contribution in [2.45, 2.75) is 26.2 Å². The van der Waals surface area contributed by atoms with Gasteiger partial charge in [0.1, 0.15) is 5.82 Å². The highest BCUT2D eigenvalue weighted by atomic mass is 19.1. The normalized spacial score (nSPS) is 13.1. The quantitative estimate of drug-likeness (QED) is 0.811. The van der Waals surface area contributed by atoms with Gasteiger partial charge < -0.3 is 9.84 Å². The molecule has 0 aliphatic carbocycles. The first-order chi connectivity index (χ1) is 8.22. The molecule has 1 N–H and O–H groups in total. The third kappa shape index (κ3) is 2.64. The fourth-order valence-electron chi connectivity index (χ4n) is 1.92. The summed E-state index contributed by atoms with van der Waals surface area (Å²) in [6.07, 6.45) is 0.993. The van der Waals surface area contributed by atoms with Crippen molar-refractivity contribution in [3.05, 3.63) is 29.7 Å². The van der Waals surface area contributed by atoms with E-state index < -0.39 is 0 Å². The highest BCUT2D eigenvalue weighted by Crippen LogP contribution is 2.27. The van der Waals surface area contributed by atoms with E-state index in [9.17, 15) is 4.39 Å². The highest BCUT2D eigenvalue weighted by molar-refractivity contribution is 5.79. The van der Waals surface area contributed by atoms with Gasteiger partial charge in [0.15, 0.2) is 5.58 Å². The Morgan fingerprint density at radius 1 is 1.47 bits per heavy atom. The van der Waals surface area contributed by atoms with E-state index in [1.54, 1.807) is 6.07 Å². The van der Waals surface area contributed by atoms with Crippen LogP contribution >= 0.6 is 0 Å². The minimum Gasteiger partial charge on any atom is -0.356 e. The molecule has 0 fully saturated rings. The van der Waals surface area contributed by atoms with E-state index in [4.69, 9.17) is 4.52 Å². The number of fused-ring (bicyclic) bond motifs is 1. The van der Waals surface area contributed by atoms with Gasteiger partial charge in [0.05, 0.1) is 5.69 Å². The number of hydrogen-bond acceptors (Lipinski definition) is 3. The van der Waals surface area contributed by atoms with Crippen LogP contribution in [0.25, 0.3) is 11.0 Å². The second-order valence-electron chi connectivity index (χ2n) is 4.25. The molecule has 3 nitrogen and oxygen atoms in total. The van der Waals surface area contributed by atoms with Crippen LogP contribution in [0.5, 0.6) is 0 Å². The molecule has 0 saturated carbocycles. The fourth-order valence-corrected chi connectivity index (χ4v) is 1.92. The number of rotatable bonds is 5. The van der Waals surface area contributed by atoms with Crippen molar-refractivity contribution in [1.29, 1.82) is 0 Å². The van der Waals surface area contributed by atoms with Crippen LogP contribution in [0.4, 0.5) is 4.39 Å². The first kappa shape index (κ1) is 12.0. The van der Waals surface area contributed by atoms with Crippen molar-refractivity contribution in [2.24, 2.45) is 0 Å². The third-order valence-corrected chi connectivity index (χ3v) is 2.93. The van der Waals surface area contributed by atoms with Crippen molar-refractivity contribution >= 4 is 11.0 Å². The number of aromatic nitrogens is 1. The van der Waals surface area contributed by atoms with Gasteiger partial charge in [-0.15, -0.1) is 0 Å². The second kappa shape index (κ2) is 5.27. The van der Waals surface area contributed by atoms with Gasteiger partial charge in [-0.3, -0.25) is 0 Å². The molecule has 1 unspecified atom stereocenters. The lowest BCUT2D eigenvalue weighted by molar-refractivity contribution is 0.434. The monoisotopic (exact) mass is 236 g/mol. The van der Waals surface area contributed by atoms with Gasteiger partial charge in [0.2, 0.25) is 0 Å². The first-order valence-corrected chi connectivity index (χ1v) is 5.98. The Morgan fingerprint density at radius 3 is 3.06 bits per heavy atom. The van der Waals surface area contributed by atoms with E-state index >= 15 is 0 Å². The summed E-state index contributed by atoms with van der Waals surface area (Å²) in [5, 5.41) is 8.24. The van der Waals surface area contributed by atoms with Crippen LogP contribution < -0.4 is 5.32 Å². The molecule has 0 bridgehead atoms. The molecule has 92 valence electrons. The Bertz CT molecular complexity index is 495. The smallest absolute Gasteiger partial charge is 0.170 e. The lowest BCUT2D eigenvalue weighted by atomic mass is 10.0. The van der Waals surface area contributed by atoms with Gasteiger partial charge in [0, 0.05) is 17.4 Å². The number of halogens is 1. The zero-order valence-corrected chi connectivity index (χ0v) is 10.2. The van der Waals surface area contributed by atoms with Crippen LogP contribution in [-0.4, -0.2) is 18.2 Å². The standard InChI is InChI=1S/C13H17FN2O/c1-3-15-7-6-9(2)13-11-5-4-10(14)8-12(11)17-16-13/h4-5,8-9,15H,3,6-7H2,1-2H3. The molecule has 0 aliphatic heterocycles. The summed E-state index contributed by atoms with van der Waals surface area (Å²) in [5.74, 6) is 0.0151. The fraction of sp³-hybridized carbons (Fsp3) is 0.462. The minimum atomic E-state index is -0.291. The highest BCUT2D eigenvalue weighted by Gasteiger charge is 2.15. The van der Waals surface area contributed by atoms with Gasteiger partial charge in [-0.25, -0.2) is 4.39 Å². The molecule has 1 aromatic carbocycles. The number of hydrogen-bond donors (Lipinski definition) is 1. The van der Waals surface area contributed by atoms with E-state index in [1.807, 2.05) is 0 Å². The zero-order valence-electron chi connectivity index (χ0n) is 10.2. The average molecular weight is 236 g/mol. The largest absolute Gasteiger partial charge is 0.356 e. The molecule has 1 atom stereocenters. The van der Waals surface area contributed by atoms with Gasteiger partial charge in [-0.2, -0.15) is 0 Å². The minimum absolute atomic E-state index is 0.291. The van der Waals surface area contributed by atoms with Crippen LogP contribution in [0.15, 0.2) is 22.7 Å². The van der Waals surface area contributed by atoms with E-state index in [1.165, 1.54) is 12.1 Å². The topological polar surface area (TPSA) is 38.1 Å². The van der Waals surface area contributed by atoms with E-state index in [0.717, 1.165) is 30.6 Å². The van der Waals surface area contributed by atoms with Crippen LogP contribution in [0.2, 0.25) is 0 Å². The Labute approximate surface area is 100.0 Å². The van der Waals surface area contributed by atoms with Crippen LogP contribution in [-0.2, 0) is 0 Å². The molecule has 0 radical (unpaired) electrons. The number of nitrogens with zero attached hydrogens (tertiary/aromatic N) is 1. The summed E-state index contributed by atoms with van der Waals surface area (Å²) < 4.78 is 18.1. The maximum absolute atomic E-state index is 13.0. The van der Waals surface area contributed by atoms with Gasteiger partial charge in [-0.1, -0.05) is 19.0 Å². The molecule has 2 aromatic rings. The van der Waals surface area contributed by atoms with E-state index in [2.05, 4.69) is 24.3 Å². The first-order valence-electron chi connectivity index (χ1n) is 5.98. The lowest BCUT2D eigenvalue weighted by Crippen LogP contribution is -2.16. The van der Waals surface area contributed by atoms with Crippen molar-refractivity contribution < 1.29 is 8.91 Å². The molecule has 0 amide bonds. The molecule has 17 heavy (non-hydrogen) atoms. The van der Waals surface area contributed by atoms with Gasteiger partial charge in [0.25, 0.3) is 0 Å². The van der Waals surface area contributed by atoms with Gasteiger partial charge >= 0.3 is 0 Å². The van der Waals surface area contributed by atoms with Crippen molar-refractivity contribution in [3.8, 4) is 0 Å². The Balaban J connectivity index is 2.17. The molecule has 1 aromatic heterocycles. The molecule has 0 saturated heterocycles. The summed E-state index contributed by atoms with van der Waals surface area (Å²) in [6, 6.07) is 4.56. The van der Waals surface area contributed by atoms with Crippen LogP contribution in [0.3, 0.4) is 0 Å². The summed E-state index contributed by atoms with van der Waals surface area (Å²) in [7, 11) is 0. The summed E-state index contributed by atoms with van der Waals surface area (Å²) >= 11 is 0. The molecule has 1 heterocycles. The van der Waals surface area contributed by atoms with Crippen molar-refractivity contribution in [3.63, 3.8) is 0 Å². The average Bonchev–Trinajstić information content (AvgIpc) is 2.72. The van der Waals surface area contributed by atoms with Crippen LogP contribution in [0, 0.1) is 5.82 Å². The molecular weight excluding hydrogens is 219 g/mol. The SMILES string of the molecule is CCNCCC(C)c1noc2cc(F)ccc12. The Kier molecular flexibility index (Phi) is 3.74. The molecule has 0 aliphatic rings. The summed E-state index contributed by atoms with van der Waals surface area (Å²) in [5.41, 5.74) is 1.44. The van der Waals surface area contributed by atoms with Crippen molar-refractivity contribution in [1.82, 2.24) is 10.5 Å². The Hall–Kier alpha value is -1.42. The number of benzene rings is 1. The summed E-state index contributed by atoms with van der Waals surface area (Å²) in [4.78, 5) is 0. The van der Waals surface area contributed by atoms with Crippen LogP contribution in [0.1, 0.15) is 31.9 Å².